The zero-order valence-corrected chi connectivity index (χ0v) is 9.56. The summed E-state index contributed by atoms with van der Waals surface area (Å²) < 4.78 is 2.03. The van der Waals surface area contributed by atoms with Crippen molar-refractivity contribution in [2.45, 2.75) is 44.6 Å². The van der Waals surface area contributed by atoms with Crippen molar-refractivity contribution in [1.29, 1.82) is 0 Å². The highest BCUT2D eigenvalue weighted by molar-refractivity contribution is 5.81. The van der Waals surface area contributed by atoms with Crippen molar-refractivity contribution < 1.29 is 4.79 Å². The summed E-state index contributed by atoms with van der Waals surface area (Å²) in [6, 6.07) is 2.52. The molecule has 3 heteroatoms. The van der Waals surface area contributed by atoms with Crippen molar-refractivity contribution in [1.82, 2.24) is 9.78 Å². The average Bonchev–Trinajstić information content (AvgIpc) is 2.86. The lowest BCUT2D eigenvalue weighted by Crippen LogP contribution is -2.07. The molecule has 1 aliphatic rings. The molecule has 0 saturated heterocycles. The average molecular weight is 218 g/mol. The Hall–Kier alpha value is -1.38. The molecule has 1 aromatic heterocycles. The molecule has 86 valence electrons. The first-order chi connectivity index (χ1) is 7.79. The van der Waals surface area contributed by atoms with Crippen LogP contribution in [0.15, 0.2) is 24.9 Å². The Balaban J connectivity index is 1.96. The summed E-state index contributed by atoms with van der Waals surface area (Å²) in [5.41, 5.74) is 0.888. The Kier molecular flexibility index (Phi) is 3.54. The molecule has 0 amide bonds. The van der Waals surface area contributed by atoms with Crippen LogP contribution in [0.3, 0.4) is 0 Å². The number of ketones is 1. The third kappa shape index (κ3) is 2.60. The second-order valence-electron chi connectivity index (χ2n) is 4.43. The van der Waals surface area contributed by atoms with E-state index >= 15 is 0 Å². The smallest absolute Gasteiger partial charge is 0.142 e. The maximum atomic E-state index is 11.4. The zero-order valence-electron chi connectivity index (χ0n) is 9.56. The van der Waals surface area contributed by atoms with E-state index in [0.717, 1.165) is 5.69 Å². The van der Waals surface area contributed by atoms with Gasteiger partial charge < -0.3 is 0 Å². The van der Waals surface area contributed by atoms with Gasteiger partial charge in [-0.3, -0.25) is 9.48 Å². The molecule has 1 heterocycles. The number of nitrogens with zero attached hydrogens (tertiary/aromatic N) is 2. The van der Waals surface area contributed by atoms with E-state index in [-0.39, 0.29) is 5.78 Å². The minimum absolute atomic E-state index is 0.187. The molecule has 0 bridgehead atoms. The third-order valence-electron chi connectivity index (χ3n) is 3.11. The van der Waals surface area contributed by atoms with Crippen molar-refractivity contribution in [2.24, 2.45) is 0 Å². The van der Waals surface area contributed by atoms with Crippen molar-refractivity contribution in [3.8, 4) is 0 Å². The predicted octanol–water partition coefficient (Wildman–Crippen LogP) is 2.69. The molecule has 16 heavy (non-hydrogen) atoms. The maximum Gasteiger partial charge on any atom is 0.142 e. The highest BCUT2D eigenvalue weighted by atomic mass is 16.1. The van der Waals surface area contributed by atoms with Gasteiger partial charge in [-0.15, -0.1) is 6.58 Å². The van der Waals surface area contributed by atoms with E-state index < -0.39 is 0 Å². The van der Waals surface area contributed by atoms with Gasteiger partial charge in [-0.05, 0) is 18.9 Å². The molecule has 1 saturated carbocycles. The molecule has 0 radical (unpaired) electrons. The molecular formula is C13H18N2O. The van der Waals surface area contributed by atoms with Crippen LogP contribution in [-0.2, 0) is 11.2 Å². The number of rotatable bonds is 5. The molecule has 0 spiro atoms. The normalized spacial score (nSPS) is 16.5. The number of aromatic nitrogens is 2. The highest BCUT2D eigenvalue weighted by Gasteiger charge is 2.17. The molecule has 1 fully saturated rings. The number of Topliss-reactive ketones (excluding diaryl/α,β-unsaturated/α-hetero) is 1. The van der Waals surface area contributed by atoms with Gasteiger partial charge in [0, 0.05) is 12.6 Å². The minimum atomic E-state index is 0.187. The number of hydrogen-bond acceptors (Lipinski definition) is 2. The van der Waals surface area contributed by atoms with Gasteiger partial charge in [0.25, 0.3) is 0 Å². The van der Waals surface area contributed by atoms with Crippen LogP contribution in [0.25, 0.3) is 0 Å². The number of carbonyl (C=O) groups is 1. The van der Waals surface area contributed by atoms with Crippen LogP contribution in [0.2, 0.25) is 0 Å². The fourth-order valence-corrected chi connectivity index (χ4v) is 2.28. The summed E-state index contributed by atoms with van der Waals surface area (Å²) in [6.07, 6.45) is 9.58. The lowest BCUT2D eigenvalue weighted by molar-refractivity contribution is -0.117. The first-order valence-corrected chi connectivity index (χ1v) is 5.96. The molecule has 1 aromatic rings. The molecule has 0 N–H and O–H groups in total. The van der Waals surface area contributed by atoms with Gasteiger partial charge in [-0.1, -0.05) is 18.9 Å². The fourth-order valence-electron chi connectivity index (χ4n) is 2.28. The van der Waals surface area contributed by atoms with Gasteiger partial charge in [0.2, 0.25) is 0 Å². The van der Waals surface area contributed by atoms with Gasteiger partial charge in [0.15, 0.2) is 0 Å². The van der Waals surface area contributed by atoms with Crippen LogP contribution in [0.4, 0.5) is 0 Å². The number of carbonyl (C=O) groups excluding carboxylic acids is 1. The van der Waals surface area contributed by atoms with Gasteiger partial charge in [-0.25, -0.2) is 0 Å². The minimum Gasteiger partial charge on any atom is -0.299 e. The Morgan fingerprint density at radius 3 is 3.00 bits per heavy atom. The molecule has 0 aliphatic heterocycles. The second-order valence-corrected chi connectivity index (χ2v) is 4.43. The summed E-state index contributed by atoms with van der Waals surface area (Å²) in [4.78, 5) is 11.4. The number of allylic oxidation sites excluding steroid dienone is 1. The first kappa shape index (κ1) is 11.1. The lowest BCUT2D eigenvalue weighted by Gasteiger charge is -2.08. The van der Waals surface area contributed by atoms with Gasteiger partial charge in [-0.2, -0.15) is 5.10 Å². The van der Waals surface area contributed by atoms with E-state index in [1.165, 1.54) is 25.7 Å². The van der Waals surface area contributed by atoms with Crippen LogP contribution in [-0.4, -0.2) is 15.6 Å². The van der Waals surface area contributed by atoms with Crippen molar-refractivity contribution in [2.75, 3.05) is 0 Å². The lowest BCUT2D eigenvalue weighted by atomic mass is 10.2. The highest BCUT2D eigenvalue weighted by Crippen LogP contribution is 2.28. The van der Waals surface area contributed by atoms with Crippen LogP contribution in [0.5, 0.6) is 0 Å². The number of hydrogen-bond donors (Lipinski definition) is 0. The SMILES string of the molecule is C=CCC(=O)Cc1ccn(C2CCCC2)n1. The van der Waals surface area contributed by atoms with Crippen LogP contribution < -0.4 is 0 Å². The molecule has 2 rings (SSSR count). The van der Waals surface area contributed by atoms with Crippen LogP contribution in [0, 0.1) is 0 Å². The largest absolute Gasteiger partial charge is 0.299 e. The Morgan fingerprint density at radius 1 is 1.56 bits per heavy atom. The van der Waals surface area contributed by atoms with Crippen LogP contribution >= 0.6 is 0 Å². The second kappa shape index (κ2) is 5.10. The summed E-state index contributed by atoms with van der Waals surface area (Å²) in [7, 11) is 0. The van der Waals surface area contributed by atoms with E-state index in [2.05, 4.69) is 11.7 Å². The van der Waals surface area contributed by atoms with Gasteiger partial charge >= 0.3 is 0 Å². The summed E-state index contributed by atoms with van der Waals surface area (Å²) in [5.74, 6) is 0.187. The summed E-state index contributed by atoms with van der Waals surface area (Å²) in [6.45, 7) is 3.56. The molecule has 0 atom stereocenters. The van der Waals surface area contributed by atoms with Crippen LogP contribution in [0.1, 0.15) is 43.8 Å². The van der Waals surface area contributed by atoms with E-state index in [1.54, 1.807) is 6.08 Å². The van der Waals surface area contributed by atoms with Gasteiger partial charge in [0.1, 0.15) is 5.78 Å². The van der Waals surface area contributed by atoms with E-state index in [9.17, 15) is 4.79 Å². The fraction of sp³-hybridized carbons (Fsp3) is 0.538. The molecule has 0 aromatic carbocycles. The maximum absolute atomic E-state index is 11.4. The zero-order chi connectivity index (χ0) is 11.4. The van der Waals surface area contributed by atoms with E-state index in [1.807, 2.05) is 16.9 Å². The van der Waals surface area contributed by atoms with E-state index in [0.29, 0.717) is 18.9 Å². The van der Waals surface area contributed by atoms with Crippen molar-refractivity contribution in [3.63, 3.8) is 0 Å². The molecule has 3 nitrogen and oxygen atoms in total. The third-order valence-corrected chi connectivity index (χ3v) is 3.11. The summed E-state index contributed by atoms with van der Waals surface area (Å²) in [5, 5.41) is 4.48. The molecule has 0 unspecified atom stereocenters. The first-order valence-electron chi connectivity index (χ1n) is 5.96. The Bertz CT molecular complexity index is 375. The molecular weight excluding hydrogens is 200 g/mol. The van der Waals surface area contributed by atoms with Gasteiger partial charge in [0.05, 0.1) is 18.2 Å². The summed E-state index contributed by atoms with van der Waals surface area (Å²) >= 11 is 0. The van der Waals surface area contributed by atoms with Crippen molar-refractivity contribution >= 4 is 5.78 Å². The quantitative estimate of drug-likeness (QED) is 0.712. The molecule has 1 aliphatic carbocycles. The monoisotopic (exact) mass is 218 g/mol. The topological polar surface area (TPSA) is 34.9 Å². The Labute approximate surface area is 96.2 Å². The van der Waals surface area contributed by atoms with Crippen molar-refractivity contribution in [3.05, 3.63) is 30.6 Å². The predicted molar refractivity (Wildman–Crippen MR) is 63.3 cm³/mol. The standard InChI is InChI=1S/C13H18N2O/c1-2-5-13(16)10-11-8-9-15(14-11)12-6-3-4-7-12/h2,8-9,12H,1,3-7,10H2. The van der Waals surface area contributed by atoms with E-state index in [4.69, 9.17) is 0 Å². The Morgan fingerprint density at radius 2 is 2.31 bits per heavy atom.